The highest BCUT2D eigenvalue weighted by Crippen LogP contribution is 2.04. The number of aromatic nitrogens is 2. The van der Waals surface area contributed by atoms with Gasteiger partial charge in [-0.1, -0.05) is 11.6 Å². The fourth-order valence-electron chi connectivity index (χ4n) is 0.590. The van der Waals surface area contributed by atoms with Crippen LogP contribution in [-0.2, 0) is 0 Å². The zero-order valence-electron chi connectivity index (χ0n) is 5.79. The molecule has 0 amide bonds. The Morgan fingerprint density at radius 2 is 2.45 bits per heavy atom. The SMILES string of the molecule is OCCNc1nccc(Cl)n1. The minimum Gasteiger partial charge on any atom is -0.395 e. The predicted octanol–water partition coefficient (Wildman–Crippen LogP) is 0.534. The fraction of sp³-hybridized carbons (Fsp3) is 0.333. The molecule has 60 valence electrons. The van der Waals surface area contributed by atoms with Crippen molar-refractivity contribution in [3.05, 3.63) is 17.4 Å². The first-order valence-corrected chi connectivity index (χ1v) is 3.54. The van der Waals surface area contributed by atoms with Crippen molar-refractivity contribution in [2.24, 2.45) is 0 Å². The highest BCUT2D eigenvalue weighted by Gasteiger charge is 1.93. The van der Waals surface area contributed by atoms with Gasteiger partial charge in [0.2, 0.25) is 5.95 Å². The molecule has 1 aromatic rings. The van der Waals surface area contributed by atoms with E-state index in [0.717, 1.165) is 0 Å². The molecule has 0 saturated heterocycles. The van der Waals surface area contributed by atoms with Gasteiger partial charge in [-0.15, -0.1) is 0 Å². The van der Waals surface area contributed by atoms with Gasteiger partial charge < -0.3 is 10.4 Å². The molecule has 4 nitrogen and oxygen atoms in total. The first kappa shape index (κ1) is 8.23. The Bertz CT molecular complexity index is 231. The summed E-state index contributed by atoms with van der Waals surface area (Å²) in [6.45, 7) is 0.482. The van der Waals surface area contributed by atoms with Crippen LogP contribution in [0.2, 0.25) is 5.15 Å². The molecule has 0 radical (unpaired) electrons. The standard InChI is InChI=1S/C6H8ClN3O/c7-5-1-2-8-6(10-5)9-3-4-11/h1-2,11H,3-4H2,(H,8,9,10). The van der Waals surface area contributed by atoms with Crippen LogP contribution in [0.3, 0.4) is 0 Å². The fourth-order valence-corrected chi connectivity index (χ4v) is 0.726. The topological polar surface area (TPSA) is 58.0 Å². The van der Waals surface area contributed by atoms with Gasteiger partial charge in [0.05, 0.1) is 6.61 Å². The summed E-state index contributed by atoms with van der Waals surface area (Å²) in [4.78, 5) is 7.70. The molecule has 5 heteroatoms. The molecule has 0 unspecified atom stereocenters. The van der Waals surface area contributed by atoms with Gasteiger partial charge in [-0.25, -0.2) is 9.97 Å². The maximum atomic E-state index is 8.45. The van der Waals surface area contributed by atoms with Crippen LogP contribution < -0.4 is 5.32 Å². The van der Waals surface area contributed by atoms with Crippen molar-refractivity contribution < 1.29 is 5.11 Å². The Hall–Kier alpha value is -0.870. The smallest absolute Gasteiger partial charge is 0.224 e. The number of hydrogen-bond donors (Lipinski definition) is 2. The van der Waals surface area contributed by atoms with Gasteiger partial charge in [-0.2, -0.15) is 0 Å². The summed E-state index contributed by atoms with van der Waals surface area (Å²) in [5, 5.41) is 11.6. The van der Waals surface area contributed by atoms with E-state index in [1.165, 1.54) is 0 Å². The first-order chi connectivity index (χ1) is 5.33. The first-order valence-electron chi connectivity index (χ1n) is 3.16. The minimum atomic E-state index is 0.0515. The molecule has 0 aliphatic heterocycles. The molecule has 1 rings (SSSR count). The minimum absolute atomic E-state index is 0.0515. The zero-order chi connectivity index (χ0) is 8.10. The Balaban J connectivity index is 2.56. The van der Waals surface area contributed by atoms with Crippen LogP contribution in [0.4, 0.5) is 5.95 Å². The van der Waals surface area contributed by atoms with E-state index in [4.69, 9.17) is 16.7 Å². The molecule has 11 heavy (non-hydrogen) atoms. The highest BCUT2D eigenvalue weighted by atomic mass is 35.5. The largest absolute Gasteiger partial charge is 0.395 e. The third kappa shape index (κ3) is 2.69. The Kier molecular flexibility index (Phi) is 3.07. The van der Waals surface area contributed by atoms with Crippen LogP contribution in [0.15, 0.2) is 12.3 Å². The lowest BCUT2D eigenvalue weighted by Crippen LogP contribution is -2.08. The normalized spacial score (nSPS) is 9.64. The number of hydrogen-bond acceptors (Lipinski definition) is 4. The predicted molar refractivity (Wildman–Crippen MR) is 42.6 cm³/mol. The summed E-state index contributed by atoms with van der Waals surface area (Å²) in [6.07, 6.45) is 1.55. The average molecular weight is 174 g/mol. The number of rotatable bonds is 3. The molecule has 2 N–H and O–H groups in total. The second-order valence-electron chi connectivity index (χ2n) is 1.85. The van der Waals surface area contributed by atoms with E-state index in [1.807, 2.05) is 0 Å². The van der Waals surface area contributed by atoms with Crippen LogP contribution in [0.1, 0.15) is 0 Å². The van der Waals surface area contributed by atoms with Crippen molar-refractivity contribution in [1.82, 2.24) is 9.97 Å². The number of aliphatic hydroxyl groups is 1. The molecule has 0 aromatic carbocycles. The number of nitrogens with one attached hydrogen (secondary N) is 1. The molecule has 0 bridgehead atoms. The van der Waals surface area contributed by atoms with E-state index < -0.39 is 0 Å². The molecule has 0 saturated carbocycles. The van der Waals surface area contributed by atoms with E-state index in [1.54, 1.807) is 12.3 Å². The molecule has 1 heterocycles. The second-order valence-corrected chi connectivity index (χ2v) is 2.24. The molecule has 0 atom stereocenters. The molecular formula is C6H8ClN3O. The van der Waals surface area contributed by atoms with E-state index >= 15 is 0 Å². The van der Waals surface area contributed by atoms with Gasteiger partial charge in [0.15, 0.2) is 0 Å². The third-order valence-electron chi connectivity index (χ3n) is 1.02. The van der Waals surface area contributed by atoms with Crippen LogP contribution in [-0.4, -0.2) is 28.2 Å². The van der Waals surface area contributed by atoms with E-state index in [-0.39, 0.29) is 6.61 Å². The van der Waals surface area contributed by atoms with Crippen molar-refractivity contribution in [1.29, 1.82) is 0 Å². The maximum Gasteiger partial charge on any atom is 0.224 e. The van der Waals surface area contributed by atoms with Gasteiger partial charge in [0, 0.05) is 12.7 Å². The van der Waals surface area contributed by atoms with E-state index in [2.05, 4.69) is 15.3 Å². The third-order valence-corrected chi connectivity index (χ3v) is 1.23. The summed E-state index contributed by atoms with van der Waals surface area (Å²) in [5.41, 5.74) is 0. The van der Waals surface area contributed by atoms with Crippen LogP contribution in [0.5, 0.6) is 0 Å². The van der Waals surface area contributed by atoms with Crippen molar-refractivity contribution >= 4 is 17.5 Å². The molecule has 0 spiro atoms. The van der Waals surface area contributed by atoms with Crippen molar-refractivity contribution in [2.75, 3.05) is 18.5 Å². The lowest BCUT2D eigenvalue weighted by molar-refractivity contribution is 0.311. The Morgan fingerprint density at radius 1 is 1.64 bits per heavy atom. The second kappa shape index (κ2) is 4.10. The molecule has 1 aromatic heterocycles. The lowest BCUT2D eigenvalue weighted by Gasteiger charge is -2.00. The number of halogens is 1. The summed E-state index contributed by atoms with van der Waals surface area (Å²) in [6, 6.07) is 1.59. The summed E-state index contributed by atoms with van der Waals surface area (Å²) in [5.74, 6) is 0.437. The van der Waals surface area contributed by atoms with E-state index in [9.17, 15) is 0 Å². The number of anilines is 1. The molecular weight excluding hydrogens is 166 g/mol. The quantitative estimate of drug-likeness (QED) is 0.655. The highest BCUT2D eigenvalue weighted by molar-refractivity contribution is 6.29. The van der Waals surface area contributed by atoms with Gasteiger partial charge >= 0.3 is 0 Å². The van der Waals surface area contributed by atoms with Gasteiger partial charge in [-0.3, -0.25) is 0 Å². The Morgan fingerprint density at radius 3 is 3.09 bits per heavy atom. The average Bonchev–Trinajstić information content (AvgIpc) is 2.01. The van der Waals surface area contributed by atoms with Gasteiger partial charge in [0.25, 0.3) is 0 Å². The van der Waals surface area contributed by atoms with Crippen molar-refractivity contribution in [3.63, 3.8) is 0 Å². The van der Waals surface area contributed by atoms with Crippen LogP contribution in [0, 0.1) is 0 Å². The van der Waals surface area contributed by atoms with Crippen LogP contribution in [0.25, 0.3) is 0 Å². The Labute approximate surface area is 69.2 Å². The van der Waals surface area contributed by atoms with Gasteiger partial charge in [-0.05, 0) is 6.07 Å². The maximum absolute atomic E-state index is 8.45. The van der Waals surface area contributed by atoms with Crippen LogP contribution >= 0.6 is 11.6 Å². The number of aliphatic hydroxyl groups excluding tert-OH is 1. The monoisotopic (exact) mass is 173 g/mol. The van der Waals surface area contributed by atoms with Gasteiger partial charge in [0.1, 0.15) is 5.15 Å². The molecule has 0 fully saturated rings. The zero-order valence-corrected chi connectivity index (χ0v) is 6.54. The number of nitrogens with zero attached hydrogens (tertiary/aromatic N) is 2. The summed E-state index contributed by atoms with van der Waals surface area (Å²) in [7, 11) is 0. The van der Waals surface area contributed by atoms with Crippen molar-refractivity contribution in [2.45, 2.75) is 0 Å². The lowest BCUT2D eigenvalue weighted by atomic mass is 10.6. The van der Waals surface area contributed by atoms with Crippen molar-refractivity contribution in [3.8, 4) is 0 Å². The van der Waals surface area contributed by atoms with E-state index in [0.29, 0.717) is 17.6 Å². The summed E-state index contributed by atoms with van der Waals surface area (Å²) >= 11 is 5.57. The molecule has 0 aliphatic carbocycles. The summed E-state index contributed by atoms with van der Waals surface area (Å²) < 4.78 is 0. The molecule has 0 aliphatic rings.